The van der Waals surface area contributed by atoms with Crippen LogP contribution in [0.1, 0.15) is 0 Å². The molecule has 1 heterocycles. The summed E-state index contributed by atoms with van der Waals surface area (Å²) < 4.78 is 2.42. The topological polar surface area (TPSA) is 8.17 Å². The maximum atomic E-state index is 2.42. The zero-order valence-corrected chi connectivity index (χ0v) is 28.5. The lowest BCUT2D eigenvalue weighted by Gasteiger charge is -2.28. The average molecular weight is 663 g/mol. The van der Waals surface area contributed by atoms with Gasteiger partial charge in [0.1, 0.15) is 0 Å². The van der Waals surface area contributed by atoms with E-state index in [2.05, 4.69) is 216 Å². The first-order valence-corrected chi connectivity index (χ1v) is 17.9. The summed E-state index contributed by atoms with van der Waals surface area (Å²) in [6.45, 7) is 0. The Morgan fingerprint density at radius 2 is 0.962 bits per heavy atom. The first kappa shape index (κ1) is 30.0. The predicted molar refractivity (Wildman–Crippen MR) is 221 cm³/mol. The van der Waals surface area contributed by atoms with E-state index in [0.29, 0.717) is 0 Å². The molecule has 2 heteroatoms. The number of benzene rings is 9. The zero-order chi connectivity index (χ0) is 34.4. The summed E-state index contributed by atoms with van der Waals surface area (Å²) in [6, 6.07) is 74.6. The molecule has 0 saturated carbocycles. The van der Waals surface area contributed by atoms with Crippen molar-refractivity contribution < 1.29 is 0 Å². The van der Waals surface area contributed by atoms with Crippen molar-refractivity contribution in [2.45, 2.75) is 0 Å². The van der Waals surface area contributed by atoms with Gasteiger partial charge in [-0.1, -0.05) is 158 Å². The van der Waals surface area contributed by atoms with Crippen molar-refractivity contribution in [3.05, 3.63) is 206 Å². The fraction of sp³-hybridized carbons (Fsp3) is 0. The maximum Gasteiger partial charge on any atom is 0.0547 e. The minimum absolute atomic E-state index is 1.09. The Labute approximate surface area is 303 Å². The van der Waals surface area contributed by atoms with E-state index < -0.39 is 0 Å². The van der Waals surface area contributed by atoms with Crippen LogP contribution in [0, 0.1) is 0 Å². The van der Waals surface area contributed by atoms with Gasteiger partial charge < -0.3 is 9.47 Å². The van der Waals surface area contributed by atoms with Crippen molar-refractivity contribution in [1.82, 2.24) is 4.57 Å². The highest BCUT2D eigenvalue weighted by atomic mass is 15.1. The van der Waals surface area contributed by atoms with Crippen LogP contribution >= 0.6 is 0 Å². The molecular formula is C50H34N2. The average Bonchev–Trinajstić information content (AvgIpc) is 3.57. The van der Waals surface area contributed by atoms with E-state index in [-0.39, 0.29) is 0 Å². The fourth-order valence-corrected chi connectivity index (χ4v) is 8.01. The van der Waals surface area contributed by atoms with E-state index in [1.165, 1.54) is 65.6 Å². The Kier molecular flexibility index (Phi) is 7.18. The third kappa shape index (κ3) is 4.96. The monoisotopic (exact) mass is 662 g/mol. The molecule has 0 amide bonds. The summed E-state index contributed by atoms with van der Waals surface area (Å²) in [4.78, 5) is 2.40. The fourth-order valence-electron chi connectivity index (χ4n) is 8.01. The largest absolute Gasteiger partial charge is 0.310 e. The Balaban J connectivity index is 1.18. The van der Waals surface area contributed by atoms with Crippen molar-refractivity contribution in [3.8, 4) is 27.9 Å². The Hall–Kier alpha value is -6.90. The van der Waals surface area contributed by atoms with Gasteiger partial charge in [-0.15, -0.1) is 0 Å². The van der Waals surface area contributed by atoms with Crippen molar-refractivity contribution in [2.24, 2.45) is 0 Å². The van der Waals surface area contributed by atoms with E-state index in [9.17, 15) is 0 Å². The number of nitrogens with zero attached hydrogens (tertiary/aromatic N) is 2. The first-order chi connectivity index (χ1) is 25.8. The third-order valence-electron chi connectivity index (χ3n) is 10.4. The molecule has 0 aliphatic heterocycles. The Morgan fingerprint density at radius 3 is 1.81 bits per heavy atom. The van der Waals surface area contributed by atoms with E-state index in [1.54, 1.807) is 0 Å². The normalized spacial score (nSPS) is 11.5. The lowest BCUT2D eigenvalue weighted by molar-refractivity contribution is 1.17. The summed E-state index contributed by atoms with van der Waals surface area (Å²) in [5.41, 5.74) is 11.6. The summed E-state index contributed by atoms with van der Waals surface area (Å²) in [6.07, 6.45) is 0. The number of hydrogen-bond donors (Lipinski definition) is 0. The lowest BCUT2D eigenvalue weighted by Crippen LogP contribution is -2.11. The Morgan fingerprint density at radius 1 is 0.346 bits per heavy atom. The number of rotatable bonds is 6. The minimum Gasteiger partial charge on any atom is -0.310 e. The molecule has 0 fully saturated rings. The molecule has 0 bridgehead atoms. The molecule has 0 saturated heterocycles. The highest BCUT2D eigenvalue weighted by molar-refractivity contribution is 6.21. The number of aromatic nitrogens is 1. The van der Waals surface area contributed by atoms with Gasteiger partial charge in [0, 0.05) is 33.4 Å². The molecular weight excluding hydrogens is 629 g/mol. The van der Waals surface area contributed by atoms with Crippen LogP contribution < -0.4 is 4.90 Å². The molecule has 0 N–H and O–H groups in total. The van der Waals surface area contributed by atoms with Crippen LogP contribution in [-0.2, 0) is 0 Å². The number of fused-ring (bicyclic) bond motifs is 6. The summed E-state index contributed by atoms with van der Waals surface area (Å²) in [5, 5.41) is 7.58. The quantitative estimate of drug-likeness (QED) is 0.172. The van der Waals surface area contributed by atoms with Gasteiger partial charge in [0.25, 0.3) is 0 Å². The molecule has 10 rings (SSSR count). The van der Waals surface area contributed by atoms with Gasteiger partial charge >= 0.3 is 0 Å². The van der Waals surface area contributed by atoms with Gasteiger partial charge in [-0.3, -0.25) is 0 Å². The third-order valence-corrected chi connectivity index (χ3v) is 10.4. The smallest absolute Gasteiger partial charge is 0.0547 e. The van der Waals surface area contributed by atoms with Crippen molar-refractivity contribution in [1.29, 1.82) is 0 Å². The van der Waals surface area contributed by atoms with E-state index in [4.69, 9.17) is 0 Å². The zero-order valence-electron chi connectivity index (χ0n) is 28.5. The number of hydrogen-bond acceptors (Lipinski definition) is 1. The van der Waals surface area contributed by atoms with Crippen molar-refractivity contribution >= 4 is 60.4 Å². The van der Waals surface area contributed by atoms with E-state index in [1.807, 2.05) is 0 Å². The molecule has 52 heavy (non-hydrogen) atoms. The molecule has 2 nitrogen and oxygen atoms in total. The SMILES string of the molecule is c1ccc(-c2ccccc2N(c2ccc(-c3cccc4ccccc34)cc2)c2cccc(-n3c4ccccc4c4c5ccccc5ccc43)c2)cc1. The highest BCUT2D eigenvalue weighted by Gasteiger charge is 2.20. The second-order valence-corrected chi connectivity index (χ2v) is 13.3. The van der Waals surface area contributed by atoms with Crippen molar-refractivity contribution in [2.75, 3.05) is 4.90 Å². The van der Waals surface area contributed by atoms with E-state index in [0.717, 1.165) is 22.7 Å². The summed E-state index contributed by atoms with van der Waals surface area (Å²) in [7, 11) is 0. The molecule has 0 aliphatic rings. The van der Waals surface area contributed by atoms with E-state index >= 15 is 0 Å². The molecule has 0 atom stereocenters. The molecule has 10 aromatic rings. The van der Waals surface area contributed by atoms with Crippen LogP contribution in [0.25, 0.3) is 71.3 Å². The van der Waals surface area contributed by atoms with Crippen LogP contribution in [0.3, 0.4) is 0 Å². The number of para-hydroxylation sites is 2. The second kappa shape index (κ2) is 12.5. The molecule has 9 aromatic carbocycles. The van der Waals surface area contributed by atoms with Gasteiger partial charge in [0.2, 0.25) is 0 Å². The standard InChI is InChI=1S/C50H34N2/c1-2-14-36(15-3-1)44-22-8-10-26-47(44)51(39-31-28-38(29-32-39)43-25-12-18-35-16-4-6-21-42(35)43)40-19-13-20-41(34-40)52-48-27-11-9-24-46(48)50-45-23-7-5-17-37(45)30-33-49(50)52/h1-34H. The molecule has 0 spiro atoms. The van der Waals surface area contributed by atoms with Gasteiger partial charge in [-0.2, -0.15) is 0 Å². The van der Waals surface area contributed by atoms with Crippen LogP contribution in [0.4, 0.5) is 17.1 Å². The van der Waals surface area contributed by atoms with Crippen LogP contribution in [0.15, 0.2) is 206 Å². The van der Waals surface area contributed by atoms with Gasteiger partial charge in [0.05, 0.1) is 16.7 Å². The Bertz CT molecular complexity index is 2900. The molecule has 244 valence electrons. The predicted octanol–water partition coefficient (Wildman–Crippen LogP) is 13.9. The van der Waals surface area contributed by atoms with Gasteiger partial charge in [-0.05, 0) is 86.8 Å². The van der Waals surface area contributed by atoms with Gasteiger partial charge in [-0.25, -0.2) is 0 Å². The van der Waals surface area contributed by atoms with Crippen LogP contribution in [0.2, 0.25) is 0 Å². The highest BCUT2D eigenvalue weighted by Crippen LogP contribution is 2.43. The summed E-state index contributed by atoms with van der Waals surface area (Å²) >= 11 is 0. The van der Waals surface area contributed by atoms with Crippen molar-refractivity contribution in [3.63, 3.8) is 0 Å². The maximum absolute atomic E-state index is 2.42. The molecule has 0 radical (unpaired) electrons. The van der Waals surface area contributed by atoms with Crippen LogP contribution in [-0.4, -0.2) is 4.57 Å². The summed E-state index contributed by atoms with van der Waals surface area (Å²) in [5.74, 6) is 0. The molecule has 1 aromatic heterocycles. The second-order valence-electron chi connectivity index (χ2n) is 13.3. The van der Waals surface area contributed by atoms with Gasteiger partial charge in [0.15, 0.2) is 0 Å². The molecule has 0 aliphatic carbocycles. The first-order valence-electron chi connectivity index (χ1n) is 17.9. The van der Waals surface area contributed by atoms with Crippen LogP contribution in [0.5, 0.6) is 0 Å². The number of anilines is 3. The molecule has 0 unspecified atom stereocenters. The lowest BCUT2D eigenvalue weighted by atomic mass is 9.97. The minimum atomic E-state index is 1.09.